The lowest BCUT2D eigenvalue weighted by molar-refractivity contribution is -0.130. The van der Waals surface area contributed by atoms with Crippen LogP contribution in [0.4, 0.5) is 0 Å². The molecule has 3 rings (SSSR count). The molecular formula is C15H15N3O2. The second-order valence-corrected chi connectivity index (χ2v) is 4.83. The topological polar surface area (TPSA) is 62.3 Å². The van der Waals surface area contributed by atoms with Crippen LogP contribution in [0.5, 0.6) is 0 Å². The van der Waals surface area contributed by atoms with Gasteiger partial charge in [0.1, 0.15) is 0 Å². The summed E-state index contributed by atoms with van der Waals surface area (Å²) in [6, 6.07) is 9.79. The molecule has 5 nitrogen and oxygen atoms in total. The molecule has 0 radical (unpaired) electrons. The summed E-state index contributed by atoms with van der Waals surface area (Å²) in [4.78, 5) is 29.4. The number of benzene rings is 1. The third kappa shape index (κ3) is 2.47. The zero-order valence-corrected chi connectivity index (χ0v) is 11.0. The molecule has 2 heterocycles. The highest BCUT2D eigenvalue weighted by Crippen LogP contribution is 2.18. The van der Waals surface area contributed by atoms with Crippen LogP contribution in [0.3, 0.4) is 0 Å². The van der Waals surface area contributed by atoms with Crippen molar-refractivity contribution in [3.63, 3.8) is 0 Å². The van der Waals surface area contributed by atoms with Crippen LogP contribution in [0.1, 0.15) is 12.0 Å². The average molecular weight is 269 g/mol. The molecule has 1 saturated heterocycles. The molecule has 0 bridgehead atoms. The number of aromatic nitrogens is 1. The minimum atomic E-state index is -0.0690. The third-order valence-corrected chi connectivity index (χ3v) is 3.50. The van der Waals surface area contributed by atoms with E-state index < -0.39 is 0 Å². The first kappa shape index (κ1) is 12.6. The minimum Gasteiger partial charge on any atom is -0.347 e. The van der Waals surface area contributed by atoms with Crippen molar-refractivity contribution in [1.29, 1.82) is 0 Å². The van der Waals surface area contributed by atoms with Crippen LogP contribution in [0.15, 0.2) is 36.5 Å². The zero-order chi connectivity index (χ0) is 13.9. The molecular weight excluding hydrogens is 254 g/mol. The Balaban J connectivity index is 1.89. The van der Waals surface area contributed by atoms with Gasteiger partial charge in [-0.15, -0.1) is 0 Å². The highest BCUT2D eigenvalue weighted by Gasteiger charge is 2.20. The number of rotatable bonds is 2. The molecule has 1 aliphatic heterocycles. The predicted octanol–water partition coefficient (Wildman–Crippen LogP) is 1.08. The molecule has 5 heteroatoms. The summed E-state index contributed by atoms with van der Waals surface area (Å²) in [6.45, 7) is 1.06. The number of nitrogens with one attached hydrogen (secondary N) is 1. The second kappa shape index (κ2) is 5.28. The van der Waals surface area contributed by atoms with E-state index in [1.807, 2.05) is 30.3 Å². The molecule has 0 saturated carbocycles. The maximum absolute atomic E-state index is 12.0. The van der Waals surface area contributed by atoms with E-state index in [2.05, 4.69) is 10.3 Å². The molecule has 1 aromatic carbocycles. The SMILES string of the molecule is O=C1CCN(Cc2ccnc3ccccc23)C(=O)CN1. The van der Waals surface area contributed by atoms with Gasteiger partial charge in [0.25, 0.3) is 0 Å². The minimum absolute atomic E-state index is 0.0447. The lowest BCUT2D eigenvalue weighted by Crippen LogP contribution is -2.34. The number of carbonyl (C=O) groups is 2. The summed E-state index contributed by atoms with van der Waals surface area (Å²) in [5, 5.41) is 3.65. The van der Waals surface area contributed by atoms with E-state index in [0.717, 1.165) is 16.5 Å². The fourth-order valence-electron chi connectivity index (χ4n) is 2.40. The Bertz CT molecular complexity index is 664. The van der Waals surface area contributed by atoms with Crippen LogP contribution >= 0.6 is 0 Å². The van der Waals surface area contributed by atoms with Crippen molar-refractivity contribution in [3.05, 3.63) is 42.1 Å². The summed E-state index contributed by atoms with van der Waals surface area (Å²) in [5.41, 5.74) is 1.97. The quantitative estimate of drug-likeness (QED) is 0.887. The first-order valence-electron chi connectivity index (χ1n) is 6.61. The van der Waals surface area contributed by atoms with E-state index in [4.69, 9.17) is 0 Å². The third-order valence-electron chi connectivity index (χ3n) is 3.50. The van der Waals surface area contributed by atoms with Crippen LogP contribution in [0.2, 0.25) is 0 Å². The number of hydrogen-bond acceptors (Lipinski definition) is 3. The van der Waals surface area contributed by atoms with E-state index >= 15 is 0 Å². The molecule has 0 spiro atoms. The Morgan fingerprint density at radius 2 is 2.05 bits per heavy atom. The van der Waals surface area contributed by atoms with Gasteiger partial charge >= 0.3 is 0 Å². The Kier molecular flexibility index (Phi) is 3.33. The van der Waals surface area contributed by atoms with Gasteiger partial charge in [0.15, 0.2) is 0 Å². The summed E-state index contributed by atoms with van der Waals surface area (Å²) in [5.74, 6) is -0.114. The number of hydrogen-bond donors (Lipinski definition) is 1. The maximum Gasteiger partial charge on any atom is 0.242 e. The first-order chi connectivity index (χ1) is 9.74. The Morgan fingerprint density at radius 3 is 2.95 bits per heavy atom. The van der Waals surface area contributed by atoms with Gasteiger partial charge < -0.3 is 10.2 Å². The van der Waals surface area contributed by atoms with Crippen LogP contribution in [0, 0.1) is 0 Å². The van der Waals surface area contributed by atoms with Crippen LogP contribution in [-0.2, 0) is 16.1 Å². The highest BCUT2D eigenvalue weighted by atomic mass is 16.2. The van der Waals surface area contributed by atoms with Crippen molar-refractivity contribution < 1.29 is 9.59 Å². The molecule has 2 aromatic rings. The molecule has 1 aromatic heterocycles. The standard InChI is InChI=1S/C15H15N3O2/c19-14-6-8-18(15(20)9-17-14)10-11-5-7-16-13-4-2-1-3-12(11)13/h1-5,7H,6,8-10H2,(H,17,19). The van der Waals surface area contributed by atoms with Gasteiger partial charge in [-0.3, -0.25) is 14.6 Å². The number of para-hydroxylation sites is 1. The van der Waals surface area contributed by atoms with Crippen LogP contribution in [0.25, 0.3) is 10.9 Å². The van der Waals surface area contributed by atoms with Gasteiger partial charge in [0, 0.05) is 31.1 Å². The largest absolute Gasteiger partial charge is 0.347 e. The van der Waals surface area contributed by atoms with Crippen LogP contribution < -0.4 is 5.32 Å². The fourth-order valence-corrected chi connectivity index (χ4v) is 2.40. The predicted molar refractivity (Wildman–Crippen MR) is 74.8 cm³/mol. The molecule has 1 aliphatic rings. The monoisotopic (exact) mass is 269 g/mol. The maximum atomic E-state index is 12.0. The molecule has 102 valence electrons. The van der Waals surface area contributed by atoms with Gasteiger partial charge in [-0.2, -0.15) is 0 Å². The summed E-state index contributed by atoms with van der Waals surface area (Å²) >= 11 is 0. The van der Waals surface area contributed by atoms with Crippen molar-refractivity contribution in [3.8, 4) is 0 Å². The van der Waals surface area contributed by atoms with Crippen molar-refractivity contribution in [1.82, 2.24) is 15.2 Å². The fraction of sp³-hybridized carbons (Fsp3) is 0.267. The van der Waals surface area contributed by atoms with Gasteiger partial charge in [-0.05, 0) is 17.7 Å². The second-order valence-electron chi connectivity index (χ2n) is 4.83. The summed E-state index contributed by atoms with van der Waals surface area (Å²) in [6.07, 6.45) is 2.11. The van der Waals surface area contributed by atoms with Crippen LogP contribution in [-0.4, -0.2) is 34.8 Å². The Labute approximate surface area is 116 Å². The van der Waals surface area contributed by atoms with E-state index in [-0.39, 0.29) is 18.4 Å². The molecule has 2 amide bonds. The Hall–Kier alpha value is -2.43. The number of nitrogens with zero attached hydrogens (tertiary/aromatic N) is 2. The van der Waals surface area contributed by atoms with Crippen molar-refractivity contribution in [2.75, 3.05) is 13.1 Å². The van der Waals surface area contributed by atoms with E-state index in [1.165, 1.54) is 0 Å². The summed E-state index contributed by atoms with van der Waals surface area (Å²) in [7, 11) is 0. The molecule has 0 atom stereocenters. The average Bonchev–Trinajstić information content (AvgIpc) is 2.63. The van der Waals surface area contributed by atoms with Gasteiger partial charge in [-0.25, -0.2) is 0 Å². The molecule has 0 unspecified atom stereocenters. The Morgan fingerprint density at radius 1 is 1.20 bits per heavy atom. The van der Waals surface area contributed by atoms with Gasteiger partial charge in [-0.1, -0.05) is 18.2 Å². The smallest absolute Gasteiger partial charge is 0.242 e. The molecule has 0 aliphatic carbocycles. The number of fused-ring (bicyclic) bond motifs is 1. The van der Waals surface area contributed by atoms with Crippen molar-refractivity contribution in [2.45, 2.75) is 13.0 Å². The molecule has 1 fully saturated rings. The van der Waals surface area contributed by atoms with Gasteiger partial charge in [0.2, 0.25) is 11.8 Å². The normalized spacial score (nSPS) is 16.1. The number of pyridine rings is 1. The van der Waals surface area contributed by atoms with Crippen molar-refractivity contribution in [2.24, 2.45) is 0 Å². The first-order valence-corrected chi connectivity index (χ1v) is 6.61. The number of carbonyl (C=O) groups excluding carboxylic acids is 2. The van der Waals surface area contributed by atoms with Gasteiger partial charge in [0.05, 0.1) is 12.1 Å². The number of amides is 2. The highest BCUT2D eigenvalue weighted by molar-refractivity contribution is 5.88. The lowest BCUT2D eigenvalue weighted by atomic mass is 10.1. The van der Waals surface area contributed by atoms with E-state index in [0.29, 0.717) is 19.5 Å². The molecule has 20 heavy (non-hydrogen) atoms. The lowest BCUT2D eigenvalue weighted by Gasteiger charge is -2.20. The molecule has 1 N–H and O–H groups in total. The zero-order valence-electron chi connectivity index (χ0n) is 11.0. The van der Waals surface area contributed by atoms with Crippen molar-refractivity contribution >= 4 is 22.7 Å². The summed E-state index contributed by atoms with van der Waals surface area (Å²) < 4.78 is 0. The van der Waals surface area contributed by atoms with E-state index in [1.54, 1.807) is 11.1 Å². The van der Waals surface area contributed by atoms with E-state index in [9.17, 15) is 9.59 Å².